The van der Waals surface area contributed by atoms with E-state index in [1.54, 1.807) is 4.68 Å². The molecule has 0 amide bonds. The van der Waals surface area contributed by atoms with Crippen molar-refractivity contribution in [3.63, 3.8) is 0 Å². The lowest BCUT2D eigenvalue weighted by Crippen LogP contribution is -2.05. The first-order valence-electron chi connectivity index (χ1n) is 6.79. The van der Waals surface area contributed by atoms with E-state index in [1.165, 1.54) is 0 Å². The van der Waals surface area contributed by atoms with Gasteiger partial charge < -0.3 is 15.2 Å². The SMILES string of the molecule is CCOc1cccc(Oc2c(CCN)c(C)nn2C)c1. The molecule has 0 unspecified atom stereocenters. The number of aryl methyl sites for hydroxylation is 2. The van der Waals surface area contributed by atoms with E-state index >= 15 is 0 Å². The van der Waals surface area contributed by atoms with Crippen molar-refractivity contribution in [3.8, 4) is 17.4 Å². The maximum atomic E-state index is 5.97. The molecule has 0 spiro atoms. The maximum Gasteiger partial charge on any atom is 0.221 e. The molecule has 20 heavy (non-hydrogen) atoms. The molecule has 0 aliphatic heterocycles. The Hall–Kier alpha value is -2.01. The predicted molar refractivity (Wildman–Crippen MR) is 78.4 cm³/mol. The van der Waals surface area contributed by atoms with E-state index in [1.807, 2.05) is 45.2 Å². The molecule has 2 aromatic rings. The van der Waals surface area contributed by atoms with Gasteiger partial charge in [0.2, 0.25) is 5.88 Å². The molecule has 1 heterocycles. The van der Waals surface area contributed by atoms with E-state index in [0.717, 1.165) is 35.1 Å². The summed E-state index contributed by atoms with van der Waals surface area (Å²) in [5, 5.41) is 4.39. The fourth-order valence-electron chi connectivity index (χ4n) is 2.15. The number of ether oxygens (including phenoxy) is 2. The van der Waals surface area contributed by atoms with Crippen molar-refractivity contribution < 1.29 is 9.47 Å². The highest BCUT2D eigenvalue weighted by atomic mass is 16.5. The van der Waals surface area contributed by atoms with E-state index < -0.39 is 0 Å². The molecule has 2 rings (SSSR count). The molecule has 0 radical (unpaired) electrons. The van der Waals surface area contributed by atoms with Crippen LogP contribution in [0.5, 0.6) is 17.4 Å². The molecule has 0 saturated heterocycles. The van der Waals surface area contributed by atoms with Crippen LogP contribution in [0.15, 0.2) is 24.3 Å². The minimum absolute atomic E-state index is 0.571. The first-order chi connectivity index (χ1) is 9.65. The molecule has 1 aromatic carbocycles. The summed E-state index contributed by atoms with van der Waals surface area (Å²) in [5.41, 5.74) is 7.66. The molecule has 0 aliphatic rings. The number of rotatable bonds is 6. The monoisotopic (exact) mass is 275 g/mol. The molecule has 1 aromatic heterocycles. The largest absolute Gasteiger partial charge is 0.494 e. The molecule has 0 atom stereocenters. The average Bonchev–Trinajstić information content (AvgIpc) is 2.67. The van der Waals surface area contributed by atoms with Crippen LogP contribution in [0.3, 0.4) is 0 Å². The van der Waals surface area contributed by atoms with Crippen molar-refractivity contribution in [3.05, 3.63) is 35.5 Å². The highest BCUT2D eigenvalue weighted by Gasteiger charge is 2.14. The zero-order valence-corrected chi connectivity index (χ0v) is 12.2. The molecular formula is C15H21N3O2. The molecule has 108 valence electrons. The molecule has 0 saturated carbocycles. The minimum atomic E-state index is 0.571. The van der Waals surface area contributed by atoms with Crippen molar-refractivity contribution in [2.75, 3.05) is 13.2 Å². The summed E-state index contributed by atoms with van der Waals surface area (Å²) >= 11 is 0. The second-order valence-electron chi connectivity index (χ2n) is 4.54. The van der Waals surface area contributed by atoms with Crippen LogP contribution in [0.1, 0.15) is 18.2 Å². The van der Waals surface area contributed by atoms with Crippen molar-refractivity contribution in [2.24, 2.45) is 12.8 Å². The Balaban J connectivity index is 2.27. The van der Waals surface area contributed by atoms with Crippen molar-refractivity contribution in [2.45, 2.75) is 20.3 Å². The number of benzene rings is 1. The van der Waals surface area contributed by atoms with E-state index in [2.05, 4.69) is 5.10 Å². The molecule has 0 fully saturated rings. The summed E-state index contributed by atoms with van der Waals surface area (Å²) in [6.07, 6.45) is 0.750. The van der Waals surface area contributed by atoms with Gasteiger partial charge in [-0.25, -0.2) is 4.68 Å². The first-order valence-corrected chi connectivity index (χ1v) is 6.79. The van der Waals surface area contributed by atoms with Crippen LogP contribution in [-0.4, -0.2) is 22.9 Å². The van der Waals surface area contributed by atoms with Gasteiger partial charge in [0.15, 0.2) is 0 Å². The van der Waals surface area contributed by atoms with Crippen LogP contribution in [-0.2, 0) is 13.5 Å². The van der Waals surface area contributed by atoms with Crippen LogP contribution in [0.25, 0.3) is 0 Å². The van der Waals surface area contributed by atoms with Gasteiger partial charge in [0.1, 0.15) is 11.5 Å². The van der Waals surface area contributed by atoms with Crippen LogP contribution >= 0.6 is 0 Å². The lowest BCUT2D eigenvalue weighted by atomic mass is 10.2. The van der Waals surface area contributed by atoms with E-state index in [0.29, 0.717) is 13.2 Å². The predicted octanol–water partition coefficient (Wildman–Crippen LogP) is 2.42. The molecule has 0 bridgehead atoms. The third kappa shape index (κ3) is 3.11. The van der Waals surface area contributed by atoms with Crippen LogP contribution in [0, 0.1) is 6.92 Å². The fourth-order valence-corrected chi connectivity index (χ4v) is 2.15. The third-order valence-corrected chi connectivity index (χ3v) is 3.01. The Bertz CT molecular complexity index is 578. The number of nitrogens with zero attached hydrogens (tertiary/aromatic N) is 2. The second kappa shape index (κ2) is 6.43. The zero-order valence-electron chi connectivity index (χ0n) is 12.2. The fraction of sp³-hybridized carbons (Fsp3) is 0.400. The van der Waals surface area contributed by atoms with E-state index in [9.17, 15) is 0 Å². The van der Waals surface area contributed by atoms with E-state index in [4.69, 9.17) is 15.2 Å². The Morgan fingerprint density at radius 3 is 2.75 bits per heavy atom. The maximum absolute atomic E-state index is 5.97. The number of hydrogen-bond donors (Lipinski definition) is 1. The average molecular weight is 275 g/mol. The minimum Gasteiger partial charge on any atom is -0.494 e. The Labute approximate surface area is 119 Å². The van der Waals surface area contributed by atoms with Gasteiger partial charge in [-0.2, -0.15) is 5.10 Å². The standard InChI is InChI=1S/C15H21N3O2/c1-4-19-12-6-5-7-13(10-12)20-15-14(8-9-16)11(2)17-18(15)3/h5-7,10H,4,8-9,16H2,1-3H3. The van der Waals surface area contributed by atoms with Crippen LogP contribution < -0.4 is 15.2 Å². The molecule has 0 aliphatic carbocycles. The topological polar surface area (TPSA) is 62.3 Å². The number of aromatic nitrogens is 2. The Morgan fingerprint density at radius 2 is 2.05 bits per heavy atom. The quantitative estimate of drug-likeness (QED) is 0.879. The third-order valence-electron chi connectivity index (χ3n) is 3.01. The normalized spacial score (nSPS) is 10.6. The second-order valence-corrected chi connectivity index (χ2v) is 4.54. The number of nitrogens with two attached hydrogens (primary N) is 1. The summed E-state index contributed by atoms with van der Waals surface area (Å²) in [5.74, 6) is 2.27. The highest BCUT2D eigenvalue weighted by molar-refractivity contribution is 5.39. The Morgan fingerprint density at radius 1 is 1.30 bits per heavy atom. The molecule has 2 N–H and O–H groups in total. The van der Waals surface area contributed by atoms with Gasteiger partial charge >= 0.3 is 0 Å². The summed E-state index contributed by atoms with van der Waals surface area (Å²) in [4.78, 5) is 0. The Kier molecular flexibility index (Phi) is 4.63. The van der Waals surface area contributed by atoms with Gasteiger partial charge in [-0.3, -0.25) is 0 Å². The summed E-state index contributed by atoms with van der Waals surface area (Å²) in [6, 6.07) is 7.59. The van der Waals surface area contributed by atoms with Crippen molar-refractivity contribution in [1.82, 2.24) is 9.78 Å². The van der Waals surface area contributed by atoms with Gasteiger partial charge in [-0.15, -0.1) is 0 Å². The summed E-state index contributed by atoms with van der Waals surface area (Å²) < 4.78 is 13.2. The molecular weight excluding hydrogens is 254 g/mol. The van der Waals surface area contributed by atoms with Gasteiger partial charge in [-0.05, 0) is 38.9 Å². The van der Waals surface area contributed by atoms with Crippen molar-refractivity contribution in [1.29, 1.82) is 0 Å². The van der Waals surface area contributed by atoms with Crippen LogP contribution in [0.4, 0.5) is 0 Å². The van der Waals surface area contributed by atoms with Crippen LogP contribution in [0.2, 0.25) is 0 Å². The van der Waals surface area contributed by atoms with Gasteiger partial charge in [0.25, 0.3) is 0 Å². The number of hydrogen-bond acceptors (Lipinski definition) is 4. The summed E-state index contributed by atoms with van der Waals surface area (Å²) in [6.45, 7) is 5.13. The molecule has 5 nitrogen and oxygen atoms in total. The van der Waals surface area contributed by atoms with Gasteiger partial charge in [-0.1, -0.05) is 6.07 Å². The molecule has 5 heteroatoms. The summed E-state index contributed by atoms with van der Waals surface area (Å²) in [7, 11) is 1.87. The van der Waals surface area contributed by atoms with Gasteiger partial charge in [0.05, 0.1) is 12.3 Å². The smallest absolute Gasteiger partial charge is 0.221 e. The zero-order chi connectivity index (χ0) is 14.5. The van der Waals surface area contributed by atoms with E-state index in [-0.39, 0.29) is 0 Å². The lowest BCUT2D eigenvalue weighted by molar-refractivity contribution is 0.337. The van der Waals surface area contributed by atoms with Gasteiger partial charge in [0, 0.05) is 18.7 Å². The highest BCUT2D eigenvalue weighted by Crippen LogP contribution is 2.29. The lowest BCUT2D eigenvalue weighted by Gasteiger charge is -2.10. The van der Waals surface area contributed by atoms with Crippen molar-refractivity contribution >= 4 is 0 Å². The first kappa shape index (κ1) is 14.4.